The molecule has 3 aliphatic rings. The van der Waals surface area contributed by atoms with Gasteiger partial charge >= 0.3 is 0 Å². The predicted octanol–water partition coefficient (Wildman–Crippen LogP) is 10.6. The smallest absolute Gasteiger partial charge is 0.210 e. The number of fused-ring (bicyclic) bond motifs is 4. The van der Waals surface area contributed by atoms with Crippen molar-refractivity contribution < 1.29 is 9.59 Å². The third-order valence-electron chi connectivity index (χ3n) is 9.83. The van der Waals surface area contributed by atoms with E-state index >= 15 is 0 Å². The Morgan fingerprint density at radius 2 is 1.13 bits per heavy atom. The standard InChI is InChI=1S/C42H24O2S/c43-40-29-16-17-34(41(40)44)36(22-29)31-20-27-14-12-25-18-30(19-26-13-15-28(21-31)39(27)38(25)26)23-8-10-24(11-9-23)32-5-3-6-35-33-4-1-2-7-37(33)45-42(32)35/h1-22,29,34H. The van der Waals surface area contributed by atoms with Gasteiger partial charge in [0, 0.05) is 20.2 Å². The van der Waals surface area contributed by atoms with Crippen LogP contribution in [-0.2, 0) is 9.59 Å². The third-order valence-corrected chi connectivity index (χ3v) is 11.1. The lowest BCUT2D eigenvalue weighted by molar-refractivity contribution is -0.139. The van der Waals surface area contributed by atoms with Gasteiger partial charge in [0.15, 0.2) is 0 Å². The molecule has 1 heterocycles. The van der Waals surface area contributed by atoms with E-state index in [-0.39, 0.29) is 11.6 Å². The number of Topliss-reactive ketones (excluding diaryl/α,β-unsaturated/α-hetero) is 2. The summed E-state index contributed by atoms with van der Waals surface area (Å²) in [4.78, 5) is 24.9. The van der Waals surface area contributed by atoms with Crippen molar-refractivity contribution in [3.63, 3.8) is 0 Å². The number of allylic oxidation sites excluding steroid dienone is 4. The first kappa shape index (κ1) is 25.0. The molecule has 0 aliphatic heterocycles. The van der Waals surface area contributed by atoms with Crippen LogP contribution in [-0.4, -0.2) is 11.6 Å². The molecule has 210 valence electrons. The molecule has 0 saturated heterocycles. The Kier molecular flexibility index (Phi) is 5.04. The molecule has 8 aromatic rings. The molecule has 3 aliphatic carbocycles. The van der Waals surface area contributed by atoms with E-state index in [0.29, 0.717) is 0 Å². The van der Waals surface area contributed by atoms with Crippen LogP contribution < -0.4 is 0 Å². The summed E-state index contributed by atoms with van der Waals surface area (Å²) in [5, 5.41) is 9.88. The van der Waals surface area contributed by atoms with E-state index in [1.54, 1.807) is 0 Å². The first-order chi connectivity index (χ1) is 22.1. The van der Waals surface area contributed by atoms with Crippen molar-refractivity contribution in [2.75, 3.05) is 0 Å². The van der Waals surface area contributed by atoms with Crippen molar-refractivity contribution in [2.24, 2.45) is 11.8 Å². The molecule has 2 bridgehead atoms. The summed E-state index contributed by atoms with van der Waals surface area (Å²) in [5.74, 6) is -1.48. The maximum absolute atomic E-state index is 12.6. The van der Waals surface area contributed by atoms with E-state index in [0.717, 1.165) is 21.9 Å². The van der Waals surface area contributed by atoms with Crippen LogP contribution >= 0.6 is 11.3 Å². The highest BCUT2D eigenvalue weighted by molar-refractivity contribution is 7.26. The van der Waals surface area contributed by atoms with E-state index in [1.807, 2.05) is 29.6 Å². The van der Waals surface area contributed by atoms with Crippen LogP contribution in [0.1, 0.15) is 5.56 Å². The predicted molar refractivity (Wildman–Crippen MR) is 188 cm³/mol. The van der Waals surface area contributed by atoms with Gasteiger partial charge in [-0.15, -0.1) is 11.3 Å². The lowest BCUT2D eigenvalue weighted by Gasteiger charge is -2.28. The summed E-state index contributed by atoms with van der Waals surface area (Å²) < 4.78 is 2.66. The third kappa shape index (κ3) is 3.56. The molecule has 3 heteroatoms. The molecule has 0 saturated carbocycles. The van der Waals surface area contributed by atoms with Gasteiger partial charge in [0.05, 0.1) is 11.8 Å². The molecule has 2 unspecified atom stereocenters. The molecule has 0 radical (unpaired) electrons. The molecule has 0 amide bonds. The summed E-state index contributed by atoms with van der Waals surface area (Å²) in [5.41, 5.74) is 6.87. The van der Waals surface area contributed by atoms with E-state index in [4.69, 9.17) is 0 Å². The summed E-state index contributed by atoms with van der Waals surface area (Å²) in [6.07, 6.45) is 5.73. The van der Waals surface area contributed by atoms with Crippen molar-refractivity contribution in [3.8, 4) is 22.3 Å². The van der Waals surface area contributed by atoms with Crippen LogP contribution in [0.2, 0.25) is 0 Å². The highest BCUT2D eigenvalue weighted by Gasteiger charge is 2.39. The summed E-state index contributed by atoms with van der Waals surface area (Å²) >= 11 is 1.87. The first-order valence-corrected chi connectivity index (χ1v) is 16.1. The molecular formula is C42H24O2S. The van der Waals surface area contributed by atoms with E-state index in [2.05, 4.69) is 115 Å². The normalized spacial score (nSPS) is 17.9. The van der Waals surface area contributed by atoms with Crippen LogP contribution in [0, 0.1) is 11.8 Å². The van der Waals surface area contributed by atoms with Gasteiger partial charge in [-0.3, -0.25) is 9.59 Å². The minimum absolute atomic E-state index is 0.289. The fourth-order valence-corrected chi connectivity index (χ4v) is 8.90. The fourth-order valence-electron chi connectivity index (χ4n) is 7.66. The minimum atomic E-state index is -0.470. The Morgan fingerprint density at radius 3 is 1.82 bits per heavy atom. The Labute approximate surface area is 262 Å². The molecule has 7 aromatic carbocycles. The van der Waals surface area contributed by atoms with Crippen molar-refractivity contribution in [3.05, 3.63) is 139 Å². The van der Waals surface area contributed by atoms with Gasteiger partial charge in [0.25, 0.3) is 0 Å². The highest BCUT2D eigenvalue weighted by Crippen LogP contribution is 2.43. The van der Waals surface area contributed by atoms with Gasteiger partial charge < -0.3 is 0 Å². The molecule has 1 aromatic heterocycles. The summed E-state index contributed by atoms with van der Waals surface area (Å²) in [6, 6.07) is 42.0. The van der Waals surface area contributed by atoms with Crippen LogP contribution in [0.15, 0.2) is 133 Å². The second-order valence-corrected chi connectivity index (χ2v) is 13.4. The Balaban J connectivity index is 1.05. The van der Waals surface area contributed by atoms with Crippen LogP contribution in [0.4, 0.5) is 0 Å². The number of hydrogen-bond acceptors (Lipinski definition) is 3. The molecule has 0 spiro atoms. The van der Waals surface area contributed by atoms with Crippen LogP contribution in [0.25, 0.3) is 80.3 Å². The summed E-state index contributed by atoms with van der Waals surface area (Å²) in [6.45, 7) is 0. The van der Waals surface area contributed by atoms with Gasteiger partial charge in [-0.2, -0.15) is 0 Å². The minimum Gasteiger partial charge on any atom is -0.290 e. The Bertz CT molecular complexity index is 2570. The van der Waals surface area contributed by atoms with Gasteiger partial charge in [-0.05, 0) is 96.0 Å². The average Bonchev–Trinajstić information content (AvgIpc) is 3.48. The van der Waals surface area contributed by atoms with E-state index in [9.17, 15) is 9.59 Å². The van der Waals surface area contributed by atoms with Gasteiger partial charge in [0.2, 0.25) is 11.6 Å². The first-order valence-electron chi connectivity index (χ1n) is 15.3. The number of thiophene rings is 1. The quantitative estimate of drug-likeness (QED) is 0.116. The lowest BCUT2D eigenvalue weighted by atomic mass is 9.72. The molecular weight excluding hydrogens is 569 g/mol. The number of benzene rings is 7. The molecule has 11 rings (SSSR count). The van der Waals surface area contributed by atoms with Crippen molar-refractivity contribution >= 4 is 81.0 Å². The molecule has 45 heavy (non-hydrogen) atoms. The monoisotopic (exact) mass is 592 g/mol. The Hall–Kier alpha value is -5.38. The molecule has 0 fully saturated rings. The lowest BCUT2D eigenvalue weighted by Crippen LogP contribution is -2.36. The number of hydrogen-bond donors (Lipinski definition) is 0. The highest BCUT2D eigenvalue weighted by atomic mass is 32.1. The topological polar surface area (TPSA) is 34.1 Å². The number of carbonyl (C=O) groups is 2. The number of rotatable bonds is 3. The average molecular weight is 593 g/mol. The second kappa shape index (κ2) is 9.07. The fraction of sp³-hybridized carbons (Fsp3) is 0.0476. The van der Waals surface area contributed by atoms with Gasteiger partial charge in [0.1, 0.15) is 0 Å². The zero-order valence-electron chi connectivity index (χ0n) is 24.1. The SMILES string of the molecule is O=C1C(=O)C2C=CC1C=C2c1cc2ccc3cc(-c4ccc(-c5cccc6c5sc5ccccc56)cc4)cc4ccc(c1)c2c34. The summed E-state index contributed by atoms with van der Waals surface area (Å²) in [7, 11) is 0. The van der Waals surface area contributed by atoms with Gasteiger partial charge in [-0.25, -0.2) is 0 Å². The number of carbonyl (C=O) groups excluding carboxylic acids is 2. The largest absolute Gasteiger partial charge is 0.290 e. The van der Waals surface area contributed by atoms with Crippen molar-refractivity contribution in [2.45, 2.75) is 0 Å². The molecule has 2 nitrogen and oxygen atoms in total. The van der Waals surface area contributed by atoms with Gasteiger partial charge in [-0.1, -0.05) is 103 Å². The van der Waals surface area contributed by atoms with E-state index < -0.39 is 11.8 Å². The molecule has 0 N–H and O–H groups in total. The molecule has 2 atom stereocenters. The van der Waals surface area contributed by atoms with Crippen LogP contribution in [0.5, 0.6) is 0 Å². The second-order valence-electron chi connectivity index (χ2n) is 12.3. The zero-order valence-corrected chi connectivity index (χ0v) is 24.9. The van der Waals surface area contributed by atoms with Crippen molar-refractivity contribution in [1.82, 2.24) is 0 Å². The van der Waals surface area contributed by atoms with Crippen LogP contribution in [0.3, 0.4) is 0 Å². The Morgan fingerprint density at radius 1 is 0.511 bits per heavy atom. The van der Waals surface area contributed by atoms with Crippen molar-refractivity contribution in [1.29, 1.82) is 0 Å². The van der Waals surface area contributed by atoms with E-state index in [1.165, 1.54) is 64.0 Å². The maximum atomic E-state index is 12.6. The number of ketones is 2. The maximum Gasteiger partial charge on any atom is 0.210 e. The zero-order chi connectivity index (χ0) is 29.8.